The Hall–Kier alpha value is -2.97. The van der Waals surface area contributed by atoms with Crippen LogP contribution in [0.1, 0.15) is 24.3 Å². The van der Waals surface area contributed by atoms with Crippen molar-refractivity contribution in [2.24, 2.45) is 0 Å². The molecule has 1 unspecified atom stereocenters. The smallest absolute Gasteiger partial charge is 0.337 e. The summed E-state index contributed by atoms with van der Waals surface area (Å²) >= 11 is 0. The highest BCUT2D eigenvalue weighted by Crippen LogP contribution is 2.34. The Labute approximate surface area is 174 Å². The van der Waals surface area contributed by atoms with Crippen LogP contribution in [0.15, 0.2) is 59.5 Å². The molecule has 1 aromatic heterocycles. The topological polar surface area (TPSA) is 85.6 Å². The van der Waals surface area contributed by atoms with E-state index >= 15 is 0 Å². The Morgan fingerprint density at radius 3 is 2.37 bits per heavy atom. The number of halogens is 1. The molecule has 1 N–H and O–H groups in total. The molecular weight excluding hydrogens is 409 g/mol. The lowest BCUT2D eigenvalue weighted by atomic mass is 10.1. The first-order valence-electron chi connectivity index (χ1n) is 9.26. The predicted molar refractivity (Wildman–Crippen MR) is 111 cm³/mol. The van der Waals surface area contributed by atoms with Gasteiger partial charge in [-0.15, -0.1) is 0 Å². The number of benzene rings is 2. The van der Waals surface area contributed by atoms with E-state index in [-0.39, 0.29) is 11.5 Å². The average Bonchev–Trinajstić information content (AvgIpc) is 3.02. The lowest BCUT2D eigenvalue weighted by molar-refractivity contribution is -0.150. The number of carboxylic acids is 1. The zero-order valence-electron chi connectivity index (χ0n) is 16.8. The van der Waals surface area contributed by atoms with Crippen LogP contribution in [0, 0.1) is 12.7 Å². The van der Waals surface area contributed by atoms with Crippen molar-refractivity contribution in [2.45, 2.75) is 24.8 Å². The second kappa shape index (κ2) is 8.41. The molecule has 1 heterocycles. The van der Waals surface area contributed by atoms with Gasteiger partial charge in [-0.3, -0.25) is 0 Å². The number of sulfone groups is 1. The monoisotopic (exact) mass is 431 g/mol. The number of hydrogen-bond donors (Lipinski definition) is 1. The van der Waals surface area contributed by atoms with Crippen LogP contribution in [0.5, 0.6) is 0 Å². The molecule has 3 aromatic rings. The standard InChI is InChI=1S/C22H22FNO5S/c1-4-29-21(22(25)26)19-13-20(15-8-10-18(11-9-15)30(3,27)28)24(14(19)2)17-7-5-6-16(23)12-17/h5-13,21H,4H2,1-3H3,(H,25,26). The highest BCUT2D eigenvalue weighted by Gasteiger charge is 2.27. The number of ether oxygens (including phenoxy) is 1. The van der Waals surface area contributed by atoms with Gasteiger partial charge >= 0.3 is 5.97 Å². The number of nitrogens with zero attached hydrogens (tertiary/aromatic N) is 1. The summed E-state index contributed by atoms with van der Waals surface area (Å²) in [6, 6.07) is 13.9. The van der Waals surface area contributed by atoms with E-state index in [4.69, 9.17) is 4.74 Å². The number of hydrogen-bond acceptors (Lipinski definition) is 4. The van der Waals surface area contributed by atoms with E-state index in [0.29, 0.717) is 28.2 Å². The van der Waals surface area contributed by atoms with Gasteiger partial charge in [-0.05, 0) is 55.8 Å². The first-order valence-corrected chi connectivity index (χ1v) is 11.2. The average molecular weight is 431 g/mol. The molecule has 6 nitrogen and oxygen atoms in total. The Kier molecular flexibility index (Phi) is 6.09. The maximum absolute atomic E-state index is 13.9. The summed E-state index contributed by atoms with van der Waals surface area (Å²) in [6.45, 7) is 3.66. The molecule has 0 bridgehead atoms. The number of aliphatic carboxylic acids is 1. The molecule has 0 aliphatic heterocycles. The van der Waals surface area contributed by atoms with Crippen LogP contribution in [0.25, 0.3) is 16.9 Å². The molecule has 8 heteroatoms. The van der Waals surface area contributed by atoms with Gasteiger partial charge in [0, 0.05) is 29.8 Å². The minimum Gasteiger partial charge on any atom is -0.479 e. The zero-order chi connectivity index (χ0) is 22.1. The highest BCUT2D eigenvalue weighted by atomic mass is 32.2. The molecule has 0 fully saturated rings. The van der Waals surface area contributed by atoms with Gasteiger partial charge in [0.25, 0.3) is 0 Å². The van der Waals surface area contributed by atoms with Gasteiger partial charge in [-0.25, -0.2) is 17.6 Å². The minimum atomic E-state index is -3.36. The lowest BCUT2D eigenvalue weighted by Gasteiger charge is -2.15. The normalized spacial score (nSPS) is 12.7. The SMILES string of the molecule is CCOC(C(=O)O)c1cc(-c2ccc(S(C)(=O)=O)cc2)n(-c2cccc(F)c2)c1C. The molecular formula is C22H22FNO5S. The first-order chi connectivity index (χ1) is 14.1. The zero-order valence-corrected chi connectivity index (χ0v) is 17.6. The molecule has 0 spiro atoms. The van der Waals surface area contributed by atoms with Crippen molar-refractivity contribution in [3.63, 3.8) is 0 Å². The van der Waals surface area contributed by atoms with E-state index < -0.39 is 27.7 Å². The quantitative estimate of drug-likeness (QED) is 0.607. The summed E-state index contributed by atoms with van der Waals surface area (Å²) in [5, 5.41) is 9.63. The molecule has 0 radical (unpaired) electrons. The summed E-state index contributed by atoms with van der Waals surface area (Å²) in [7, 11) is -3.36. The molecule has 2 aromatic carbocycles. The van der Waals surface area contributed by atoms with Gasteiger partial charge in [0.05, 0.1) is 10.6 Å². The fraction of sp³-hybridized carbons (Fsp3) is 0.227. The molecule has 1 atom stereocenters. The Morgan fingerprint density at radius 1 is 1.17 bits per heavy atom. The first kappa shape index (κ1) is 21.7. The Morgan fingerprint density at radius 2 is 1.83 bits per heavy atom. The third-order valence-electron chi connectivity index (χ3n) is 4.77. The fourth-order valence-corrected chi connectivity index (χ4v) is 4.02. The number of aromatic nitrogens is 1. The predicted octanol–water partition coefficient (Wildman–Crippen LogP) is 4.16. The largest absolute Gasteiger partial charge is 0.479 e. The number of carbonyl (C=O) groups is 1. The maximum atomic E-state index is 13.9. The second-order valence-electron chi connectivity index (χ2n) is 6.86. The van der Waals surface area contributed by atoms with E-state index in [1.54, 1.807) is 48.7 Å². The minimum absolute atomic E-state index is 0.171. The lowest BCUT2D eigenvalue weighted by Crippen LogP contribution is -2.16. The van der Waals surface area contributed by atoms with Crippen LogP contribution in [-0.2, 0) is 19.4 Å². The molecule has 0 aliphatic rings. The van der Waals surface area contributed by atoms with Gasteiger partial charge in [-0.1, -0.05) is 18.2 Å². The van der Waals surface area contributed by atoms with Crippen molar-refractivity contribution in [3.8, 4) is 16.9 Å². The van der Waals surface area contributed by atoms with Crippen LogP contribution in [0.2, 0.25) is 0 Å². The third kappa shape index (κ3) is 4.29. The van der Waals surface area contributed by atoms with Crippen LogP contribution in [0.3, 0.4) is 0 Å². The van der Waals surface area contributed by atoms with Crippen LogP contribution >= 0.6 is 0 Å². The number of rotatable bonds is 7. The summed E-state index contributed by atoms with van der Waals surface area (Å²) in [5.74, 6) is -1.56. The van der Waals surface area contributed by atoms with Gasteiger partial charge < -0.3 is 14.4 Å². The second-order valence-corrected chi connectivity index (χ2v) is 8.87. The molecule has 0 amide bonds. The Balaban J connectivity index is 2.25. The van der Waals surface area contributed by atoms with Crippen molar-refractivity contribution in [2.75, 3.05) is 12.9 Å². The van der Waals surface area contributed by atoms with E-state index in [0.717, 1.165) is 6.26 Å². The van der Waals surface area contributed by atoms with Gasteiger partial charge in [-0.2, -0.15) is 0 Å². The van der Waals surface area contributed by atoms with E-state index in [9.17, 15) is 22.7 Å². The van der Waals surface area contributed by atoms with Crippen molar-refractivity contribution >= 4 is 15.8 Å². The van der Waals surface area contributed by atoms with E-state index in [1.807, 2.05) is 0 Å². The van der Waals surface area contributed by atoms with Crippen molar-refractivity contribution < 1.29 is 27.4 Å². The van der Waals surface area contributed by atoms with Gasteiger partial charge in [0.1, 0.15) is 5.82 Å². The van der Waals surface area contributed by atoms with Gasteiger partial charge in [0.2, 0.25) is 0 Å². The van der Waals surface area contributed by atoms with Gasteiger partial charge in [0.15, 0.2) is 15.9 Å². The summed E-state index contributed by atoms with van der Waals surface area (Å²) in [5.41, 5.74) is 2.79. The molecule has 0 saturated heterocycles. The van der Waals surface area contributed by atoms with Crippen LogP contribution < -0.4 is 0 Å². The molecule has 0 saturated carbocycles. The number of carboxylic acid groups (broad SMARTS) is 1. The maximum Gasteiger partial charge on any atom is 0.337 e. The summed E-state index contributed by atoms with van der Waals surface area (Å²) in [4.78, 5) is 12.0. The summed E-state index contributed by atoms with van der Waals surface area (Å²) in [6.07, 6.45) is -0.0574. The van der Waals surface area contributed by atoms with E-state index in [2.05, 4.69) is 0 Å². The summed E-state index contributed by atoms with van der Waals surface area (Å²) < 4.78 is 44.6. The third-order valence-corrected chi connectivity index (χ3v) is 5.90. The van der Waals surface area contributed by atoms with Crippen LogP contribution in [0.4, 0.5) is 4.39 Å². The van der Waals surface area contributed by atoms with Crippen LogP contribution in [-0.4, -0.2) is 36.9 Å². The van der Waals surface area contributed by atoms with Crippen molar-refractivity contribution in [1.29, 1.82) is 0 Å². The highest BCUT2D eigenvalue weighted by molar-refractivity contribution is 7.90. The molecule has 3 rings (SSSR count). The Bertz CT molecular complexity index is 1180. The molecule has 30 heavy (non-hydrogen) atoms. The van der Waals surface area contributed by atoms with Crippen molar-refractivity contribution in [3.05, 3.63) is 71.7 Å². The molecule has 0 aliphatic carbocycles. The fourth-order valence-electron chi connectivity index (χ4n) is 3.39. The van der Waals surface area contributed by atoms with Crippen molar-refractivity contribution in [1.82, 2.24) is 4.57 Å². The van der Waals surface area contributed by atoms with E-state index in [1.165, 1.54) is 24.3 Å². The molecule has 158 valence electrons.